The summed E-state index contributed by atoms with van der Waals surface area (Å²) in [6.45, 7) is -0.0887. The van der Waals surface area contributed by atoms with Crippen LogP contribution in [0.3, 0.4) is 0 Å². The Kier molecular flexibility index (Phi) is 7.18. The molecule has 3 aromatic carbocycles. The highest BCUT2D eigenvalue weighted by atomic mass is 16.5. The molecule has 0 atom stereocenters. The summed E-state index contributed by atoms with van der Waals surface area (Å²) in [4.78, 5) is 24.6. The van der Waals surface area contributed by atoms with Crippen molar-refractivity contribution in [3.8, 4) is 16.9 Å². The Bertz CT molecular complexity index is 1020. The van der Waals surface area contributed by atoms with Gasteiger partial charge in [0.15, 0.2) is 6.61 Å². The van der Waals surface area contributed by atoms with E-state index in [0.29, 0.717) is 17.0 Å². The maximum atomic E-state index is 12.4. The van der Waals surface area contributed by atoms with Crippen molar-refractivity contribution in [2.45, 2.75) is 38.1 Å². The van der Waals surface area contributed by atoms with Crippen LogP contribution < -0.4 is 15.4 Å². The highest BCUT2D eigenvalue weighted by molar-refractivity contribution is 5.96. The number of carbonyl (C=O) groups excluding carboxylic acids is 2. The molecule has 5 nitrogen and oxygen atoms in total. The summed E-state index contributed by atoms with van der Waals surface area (Å²) >= 11 is 0. The van der Waals surface area contributed by atoms with Gasteiger partial charge in [-0.05, 0) is 60.4 Å². The van der Waals surface area contributed by atoms with Crippen LogP contribution in [0.2, 0.25) is 0 Å². The molecule has 4 rings (SSSR count). The van der Waals surface area contributed by atoms with Crippen molar-refractivity contribution >= 4 is 17.5 Å². The summed E-state index contributed by atoms with van der Waals surface area (Å²) in [6.07, 6.45) is 5.71. The normalized spacial score (nSPS) is 13.9. The summed E-state index contributed by atoms with van der Waals surface area (Å²) < 4.78 is 5.60. The second-order valence-corrected chi connectivity index (χ2v) is 8.11. The molecule has 5 heteroatoms. The van der Waals surface area contributed by atoms with Crippen LogP contribution in [0.1, 0.15) is 42.5 Å². The Labute approximate surface area is 188 Å². The van der Waals surface area contributed by atoms with Gasteiger partial charge < -0.3 is 15.4 Å². The van der Waals surface area contributed by atoms with Crippen molar-refractivity contribution in [3.05, 3.63) is 84.4 Å². The van der Waals surface area contributed by atoms with Gasteiger partial charge in [-0.2, -0.15) is 0 Å². The molecule has 1 fully saturated rings. The van der Waals surface area contributed by atoms with Crippen molar-refractivity contribution in [1.82, 2.24) is 5.32 Å². The summed E-state index contributed by atoms with van der Waals surface area (Å²) in [5, 5.41) is 5.90. The van der Waals surface area contributed by atoms with Crippen LogP contribution in [0.15, 0.2) is 78.9 Å². The zero-order valence-corrected chi connectivity index (χ0v) is 18.1. The molecule has 0 saturated heterocycles. The van der Waals surface area contributed by atoms with E-state index in [-0.39, 0.29) is 24.5 Å². The molecule has 1 aliphatic rings. The molecule has 0 aliphatic heterocycles. The van der Waals surface area contributed by atoms with Gasteiger partial charge in [0.05, 0.1) is 0 Å². The maximum Gasteiger partial charge on any atom is 0.262 e. The number of rotatable bonds is 7. The van der Waals surface area contributed by atoms with Crippen molar-refractivity contribution < 1.29 is 14.3 Å². The summed E-state index contributed by atoms with van der Waals surface area (Å²) in [7, 11) is 0. The third kappa shape index (κ3) is 5.97. The van der Waals surface area contributed by atoms with Gasteiger partial charge in [-0.15, -0.1) is 0 Å². The first-order valence-electron chi connectivity index (χ1n) is 11.2. The number of carbonyl (C=O) groups is 2. The van der Waals surface area contributed by atoms with E-state index in [2.05, 4.69) is 10.6 Å². The largest absolute Gasteiger partial charge is 0.484 e. The molecule has 0 aromatic heterocycles. The van der Waals surface area contributed by atoms with Crippen LogP contribution in [0, 0.1) is 0 Å². The Morgan fingerprint density at radius 2 is 1.44 bits per heavy atom. The number of hydrogen-bond donors (Lipinski definition) is 2. The van der Waals surface area contributed by atoms with E-state index in [0.717, 1.165) is 24.0 Å². The first kappa shape index (κ1) is 21.6. The van der Waals surface area contributed by atoms with E-state index in [9.17, 15) is 9.59 Å². The van der Waals surface area contributed by atoms with Crippen LogP contribution in [0.25, 0.3) is 11.1 Å². The van der Waals surface area contributed by atoms with Crippen LogP contribution in [0.5, 0.6) is 5.75 Å². The van der Waals surface area contributed by atoms with E-state index in [1.54, 1.807) is 24.3 Å². The van der Waals surface area contributed by atoms with E-state index in [1.165, 1.54) is 19.3 Å². The van der Waals surface area contributed by atoms with E-state index >= 15 is 0 Å². The lowest BCUT2D eigenvalue weighted by molar-refractivity contribution is -0.118. The molecule has 1 saturated carbocycles. The highest BCUT2D eigenvalue weighted by Gasteiger charge is 2.16. The smallest absolute Gasteiger partial charge is 0.262 e. The molecule has 0 heterocycles. The van der Waals surface area contributed by atoms with Crippen molar-refractivity contribution in [1.29, 1.82) is 0 Å². The molecule has 0 spiro atoms. The van der Waals surface area contributed by atoms with Crippen molar-refractivity contribution in [3.63, 3.8) is 0 Å². The standard InChI is InChI=1S/C27H28N2O3/c30-26(19-32-25-17-13-21(14-18-25)20-7-3-1-4-8-20)28-24-15-11-22(12-16-24)27(31)29-23-9-5-2-6-10-23/h1,3-4,7-8,11-18,23H,2,5-6,9-10,19H2,(H,28,30)(H,29,31). The Balaban J connectivity index is 1.24. The SMILES string of the molecule is O=C(COc1ccc(-c2ccccc2)cc1)Nc1ccc(C(=O)NC2CCCCC2)cc1. The molecule has 0 radical (unpaired) electrons. The van der Waals surface area contributed by atoms with Crippen LogP contribution in [-0.4, -0.2) is 24.5 Å². The van der Waals surface area contributed by atoms with E-state index < -0.39 is 0 Å². The van der Waals surface area contributed by atoms with Gasteiger partial charge in [0.2, 0.25) is 0 Å². The molecule has 0 bridgehead atoms. The summed E-state index contributed by atoms with van der Waals surface area (Å²) in [5.41, 5.74) is 3.46. The number of hydrogen-bond acceptors (Lipinski definition) is 3. The number of benzene rings is 3. The Morgan fingerprint density at radius 3 is 2.12 bits per heavy atom. The first-order valence-corrected chi connectivity index (χ1v) is 11.2. The molecular weight excluding hydrogens is 400 g/mol. The number of amides is 2. The topological polar surface area (TPSA) is 67.4 Å². The monoisotopic (exact) mass is 428 g/mol. The summed E-state index contributed by atoms with van der Waals surface area (Å²) in [6, 6.07) is 25.0. The zero-order chi connectivity index (χ0) is 22.2. The molecule has 1 aliphatic carbocycles. The molecule has 164 valence electrons. The van der Waals surface area contributed by atoms with Crippen LogP contribution in [-0.2, 0) is 4.79 Å². The van der Waals surface area contributed by atoms with Gasteiger partial charge in [-0.25, -0.2) is 0 Å². The van der Waals surface area contributed by atoms with Gasteiger partial charge in [0.25, 0.3) is 11.8 Å². The molecule has 3 aromatic rings. The van der Waals surface area contributed by atoms with Crippen molar-refractivity contribution in [2.75, 3.05) is 11.9 Å². The number of anilines is 1. The first-order chi connectivity index (χ1) is 15.7. The van der Waals surface area contributed by atoms with E-state index in [4.69, 9.17) is 4.74 Å². The molecule has 32 heavy (non-hydrogen) atoms. The fraction of sp³-hybridized carbons (Fsp3) is 0.259. The quantitative estimate of drug-likeness (QED) is 0.527. The minimum absolute atomic E-state index is 0.0583. The number of ether oxygens (including phenoxy) is 1. The average Bonchev–Trinajstić information content (AvgIpc) is 2.85. The second-order valence-electron chi connectivity index (χ2n) is 8.11. The summed E-state index contributed by atoms with van der Waals surface area (Å²) in [5.74, 6) is 0.322. The van der Waals surface area contributed by atoms with Gasteiger partial charge >= 0.3 is 0 Å². The lowest BCUT2D eigenvalue weighted by Crippen LogP contribution is -2.36. The van der Waals surface area contributed by atoms with Crippen LogP contribution >= 0.6 is 0 Å². The zero-order valence-electron chi connectivity index (χ0n) is 18.1. The minimum atomic E-state index is -0.253. The fourth-order valence-electron chi connectivity index (χ4n) is 3.94. The van der Waals surface area contributed by atoms with Gasteiger partial charge in [-0.1, -0.05) is 61.7 Å². The third-order valence-corrected chi connectivity index (χ3v) is 5.70. The van der Waals surface area contributed by atoms with Gasteiger partial charge in [0, 0.05) is 17.3 Å². The minimum Gasteiger partial charge on any atom is -0.484 e. The average molecular weight is 429 g/mol. The highest BCUT2D eigenvalue weighted by Crippen LogP contribution is 2.22. The van der Waals surface area contributed by atoms with Gasteiger partial charge in [-0.3, -0.25) is 9.59 Å². The van der Waals surface area contributed by atoms with Gasteiger partial charge in [0.1, 0.15) is 5.75 Å². The third-order valence-electron chi connectivity index (χ3n) is 5.70. The Morgan fingerprint density at radius 1 is 0.781 bits per heavy atom. The lowest BCUT2D eigenvalue weighted by atomic mass is 9.95. The second kappa shape index (κ2) is 10.6. The van der Waals surface area contributed by atoms with Crippen molar-refractivity contribution in [2.24, 2.45) is 0 Å². The fourth-order valence-corrected chi connectivity index (χ4v) is 3.94. The van der Waals surface area contributed by atoms with Crippen LogP contribution in [0.4, 0.5) is 5.69 Å². The molecule has 2 amide bonds. The predicted octanol–water partition coefficient (Wildman–Crippen LogP) is 5.43. The number of nitrogens with one attached hydrogen (secondary N) is 2. The Hall–Kier alpha value is -3.60. The predicted molar refractivity (Wildman–Crippen MR) is 127 cm³/mol. The molecule has 0 unspecified atom stereocenters. The lowest BCUT2D eigenvalue weighted by Gasteiger charge is -2.22. The maximum absolute atomic E-state index is 12.4. The molecule has 2 N–H and O–H groups in total. The molecular formula is C27H28N2O3. The van der Waals surface area contributed by atoms with E-state index in [1.807, 2.05) is 54.6 Å².